The summed E-state index contributed by atoms with van der Waals surface area (Å²) in [5.74, 6) is 2.03. The molecule has 2 bridgehead atoms. The fraction of sp³-hybridized carbons (Fsp3) is 1.00. The van der Waals surface area contributed by atoms with Crippen LogP contribution in [-0.2, 0) is 0 Å². The molecule has 0 heteroatoms. The summed E-state index contributed by atoms with van der Waals surface area (Å²) in [6.45, 7) is 9.97. The zero-order chi connectivity index (χ0) is 13.2. The van der Waals surface area contributed by atoms with Crippen LogP contribution in [0.3, 0.4) is 0 Å². The van der Waals surface area contributed by atoms with Crippen LogP contribution >= 0.6 is 0 Å². The lowest BCUT2D eigenvalue weighted by Crippen LogP contribution is -2.61. The molecule has 3 saturated carbocycles. The van der Waals surface area contributed by atoms with Crippen LogP contribution in [0.15, 0.2) is 0 Å². The first-order chi connectivity index (χ1) is 8.54. The van der Waals surface area contributed by atoms with Crippen LogP contribution in [0, 0.1) is 22.7 Å². The maximum atomic E-state index is 2.56. The molecular formula is C18H34. The van der Waals surface area contributed by atoms with Gasteiger partial charge < -0.3 is 0 Å². The highest BCUT2D eigenvalue weighted by molar-refractivity contribution is 5.12. The first-order valence-corrected chi connectivity index (χ1v) is 8.54. The molecule has 0 N–H and O–H groups in total. The molecule has 3 rings (SSSR count). The number of rotatable bonds is 7. The zero-order valence-corrected chi connectivity index (χ0v) is 13.2. The van der Waals surface area contributed by atoms with E-state index in [1.807, 2.05) is 0 Å². The van der Waals surface area contributed by atoms with E-state index in [9.17, 15) is 0 Å². The van der Waals surface area contributed by atoms with E-state index in [1.54, 1.807) is 6.42 Å². The van der Waals surface area contributed by atoms with Crippen LogP contribution in [0.4, 0.5) is 0 Å². The summed E-state index contributed by atoms with van der Waals surface area (Å²) in [6, 6.07) is 0. The van der Waals surface area contributed by atoms with Crippen molar-refractivity contribution in [2.45, 2.75) is 91.9 Å². The van der Waals surface area contributed by atoms with E-state index in [4.69, 9.17) is 0 Å². The molecule has 0 spiro atoms. The second-order valence-electron chi connectivity index (χ2n) is 7.78. The van der Waals surface area contributed by atoms with E-state index in [0.29, 0.717) is 5.41 Å². The van der Waals surface area contributed by atoms with Gasteiger partial charge in [-0.3, -0.25) is 0 Å². The minimum Gasteiger partial charge on any atom is -0.0654 e. The van der Waals surface area contributed by atoms with Crippen molar-refractivity contribution in [2.75, 3.05) is 0 Å². The molecule has 3 fully saturated rings. The van der Waals surface area contributed by atoms with E-state index < -0.39 is 0 Å². The molecule has 18 heavy (non-hydrogen) atoms. The van der Waals surface area contributed by atoms with Crippen molar-refractivity contribution in [3.05, 3.63) is 0 Å². The van der Waals surface area contributed by atoms with Gasteiger partial charge in [-0.1, -0.05) is 66.2 Å². The van der Waals surface area contributed by atoms with Gasteiger partial charge in [-0.15, -0.1) is 0 Å². The minimum absolute atomic E-state index is 0.647. The minimum atomic E-state index is 0.647. The normalized spacial score (nSPS) is 37.3. The van der Waals surface area contributed by atoms with Crippen LogP contribution in [0.2, 0.25) is 0 Å². The van der Waals surface area contributed by atoms with Gasteiger partial charge in [0.1, 0.15) is 0 Å². The van der Waals surface area contributed by atoms with E-state index in [2.05, 4.69) is 27.7 Å². The Morgan fingerprint density at radius 2 is 1.61 bits per heavy atom. The topological polar surface area (TPSA) is 0 Å². The Kier molecular flexibility index (Phi) is 4.44. The standard InChI is InChI=1S/C18H34/c1-5-6-7-8-9-10-13-18-14-16(17(18,3)4)12-11-15(18)2/h15-16H,5-14H2,1-4H3. The number of unbranched alkanes of at least 4 members (excludes halogenated alkanes) is 5. The van der Waals surface area contributed by atoms with Gasteiger partial charge in [0.05, 0.1) is 0 Å². The van der Waals surface area contributed by atoms with Gasteiger partial charge >= 0.3 is 0 Å². The van der Waals surface area contributed by atoms with Crippen molar-refractivity contribution in [3.63, 3.8) is 0 Å². The van der Waals surface area contributed by atoms with Gasteiger partial charge in [0.25, 0.3) is 0 Å². The number of fused-ring (bicyclic) bond motifs is 2. The summed E-state index contributed by atoms with van der Waals surface area (Å²) in [5.41, 5.74) is 1.37. The van der Waals surface area contributed by atoms with E-state index >= 15 is 0 Å². The van der Waals surface area contributed by atoms with Crippen LogP contribution in [-0.4, -0.2) is 0 Å². The van der Waals surface area contributed by atoms with Crippen LogP contribution in [0.5, 0.6) is 0 Å². The van der Waals surface area contributed by atoms with Crippen molar-refractivity contribution >= 4 is 0 Å². The van der Waals surface area contributed by atoms with Crippen LogP contribution in [0.25, 0.3) is 0 Å². The van der Waals surface area contributed by atoms with Crippen molar-refractivity contribution < 1.29 is 0 Å². The van der Waals surface area contributed by atoms with Gasteiger partial charge in [0, 0.05) is 0 Å². The quantitative estimate of drug-likeness (QED) is 0.472. The predicted molar refractivity (Wildman–Crippen MR) is 80.7 cm³/mol. The van der Waals surface area contributed by atoms with Gasteiger partial charge in [-0.05, 0) is 48.3 Å². The summed E-state index contributed by atoms with van der Waals surface area (Å²) in [4.78, 5) is 0. The Hall–Kier alpha value is 0. The van der Waals surface area contributed by atoms with Gasteiger partial charge in [0.2, 0.25) is 0 Å². The van der Waals surface area contributed by atoms with Crippen LogP contribution < -0.4 is 0 Å². The molecule has 0 nitrogen and oxygen atoms in total. The highest BCUT2D eigenvalue weighted by Crippen LogP contribution is 2.71. The third-order valence-electron chi connectivity index (χ3n) is 6.78. The molecule has 3 atom stereocenters. The third kappa shape index (κ3) is 2.25. The Balaban J connectivity index is 1.77. The lowest BCUT2D eigenvalue weighted by atomic mass is 9.36. The fourth-order valence-corrected chi connectivity index (χ4v) is 5.15. The Bertz CT molecular complexity index is 265. The third-order valence-corrected chi connectivity index (χ3v) is 6.78. The Morgan fingerprint density at radius 1 is 0.944 bits per heavy atom. The maximum Gasteiger partial charge on any atom is -0.0215 e. The SMILES string of the molecule is CCCCCCCCC12CC(CCC1C)C2(C)C. The molecule has 3 unspecified atom stereocenters. The Labute approximate surface area is 115 Å². The van der Waals surface area contributed by atoms with Crippen molar-refractivity contribution in [1.29, 1.82) is 0 Å². The summed E-state index contributed by atoms with van der Waals surface area (Å²) in [7, 11) is 0. The fourth-order valence-electron chi connectivity index (χ4n) is 5.15. The largest absolute Gasteiger partial charge is 0.0654 e. The van der Waals surface area contributed by atoms with Gasteiger partial charge in [-0.25, -0.2) is 0 Å². The predicted octanol–water partition coefficient (Wildman–Crippen LogP) is 6.20. The molecule has 0 saturated heterocycles. The first kappa shape index (κ1) is 14.4. The maximum absolute atomic E-state index is 2.56. The van der Waals surface area contributed by atoms with Crippen LogP contribution in [0.1, 0.15) is 91.9 Å². The molecule has 0 aliphatic heterocycles. The highest BCUT2D eigenvalue weighted by atomic mass is 14.7. The second kappa shape index (κ2) is 5.55. The highest BCUT2D eigenvalue weighted by Gasteiger charge is 2.63. The molecule has 0 amide bonds. The Morgan fingerprint density at radius 3 is 2.22 bits per heavy atom. The molecule has 106 valence electrons. The molecule has 0 aromatic carbocycles. The lowest BCUT2D eigenvalue weighted by Gasteiger charge is -2.69. The smallest absolute Gasteiger partial charge is 0.0215 e. The van der Waals surface area contributed by atoms with E-state index in [1.165, 1.54) is 57.8 Å². The second-order valence-corrected chi connectivity index (χ2v) is 7.78. The first-order valence-electron chi connectivity index (χ1n) is 8.54. The molecular weight excluding hydrogens is 216 g/mol. The molecule has 0 aromatic rings. The van der Waals surface area contributed by atoms with Crippen molar-refractivity contribution in [3.8, 4) is 0 Å². The summed E-state index contributed by atoms with van der Waals surface area (Å²) >= 11 is 0. The van der Waals surface area contributed by atoms with Gasteiger partial charge in [0.15, 0.2) is 0 Å². The molecule has 3 aliphatic carbocycles. The summed E-state index contributed by atoms with van der Waals surface area (Å²) in [5, 5.41) is 0. The summed E-state index contributed by atoms with van der Waals surface area (Å²) < 4.78 is 0. The molecule has 3 aliphatic rings. The van der Waals surface area contributed by atoms with E-state index in [0.717, 1.165) is 17.3 Å². The molecule has 0 radical (unpaired) electrons. The zero-order valence-electron chi connectivity index (χ0n) is 13.2. The number of hydrogen-bond donors (Lipinski definition) is 0. The number of hydrogen-bond acceptors (Lipinski definition) is 0. The molecule has 0 heterocycles. The molecule has 0 aromatic heterocycles. The summed E-state index contributed by atoms with van der Waals surface area (Å²) in [6.07, 6.45) is 14.8. The average molecular weight is 250 g/mol. The van der Waals surface area contributed by atoms with Gasteiger partial charge in [-0.2, -0.15) is 0 Å². The van der Waals surface area contributed by atoms with Crippen molar-refractivity contribution in [2.24, 2.45) is 22.7 Å². The van der Waals surface area contributed by atoms with E-state index in [-0.39, 0.29) is 0 Å². The van der Waals surface area contributed by atoms with Crippen molar-refractivity contribution in [1.82, 2.24) is 0 Å². The average Bonchev–Trinajstić information content (AvgIpc) is 2.34. The monoisotopic (exact) mass is 250 g/mol. The lowest BCUT2D eigenvalue weighted by molar-refractivity contribution is -0.199.